The van der Waals surface area contributed by atoms with Crippen molar-refractivity contribution in [3.63, 3.8) is 0 Å². The van der Waals surface area contributed by atoms with Crippen LogP contribution in [0.1, 0.15) is 21.5 Å². The van der Waals surface area contributed by atoms with Crippen LogP contribution in [-0.2, 0) is 22.8 Å². The Hall–Kier alpha value is -3.65. The molecule has 0 saturated heterocycles. The number of carbonyl (C=O) groups excluding carboxylic acids is 1. The summed E-state index contributed by atoms with van der Waals surface area (Å²) in [6.07, 6.45) is 2.13. The molecule has 1 N–H and O–H groups in total. The molecule has 0 saturated carbocycles. The van der Waals surface area contributed by atoms with E-state index in [0.717, 1.165) is 39.0 Å². The van der Waals surface area contributed by atoms with Gasteiger partial charge in [-0.3, -0.25) is 4.79 Å². The number of sulfone groups is 1. The average Bonchev–Trinajstić information content (AvgIpc) is 3.34. The number of aromatic nitrogens is 2. The van der Waals surface area contributed by atoms with Gasteiger partial charge in [-0.2, -0.15) is 0 Å². The summed E-state index contributed by atoms with van der Waals surface area (Å²) in [7, 11) is -3.21. The van der Waals surface area contributed by atoms with Crippen molar-refractivity contribution >= 4 is 26.8 Å². The highest BCUT2D eigenvalue weighted by Crippen LogP contribution is 2.32. The van der Waals surface area contributed by atoms with Crippen LogP contribution in [0, 0.1) is 0 Å². The molecule has 4 aromatic rings. The van der Waals surface area contributed by atoms with Gasteiger partial charge in [-0.15, -0.1) is 0 Å². The largest absolute Gasteiger partial charge is 0.491 e. The molecule has 1 amide bonds. The molecule has 166 valence electrons. The summed E-state index contributed by atoms with van der Waals surface area (Å²) in [5.41, 5.74) is 6.14. The third-order valence-electron chi connectivity index (χ3n) is 6.36. The average molecular weight is 460 g/mol. The van der Waals surface area contributed by atoms with Crippen LogP contribution in [0.2, 0.25) is 0 Å². The summed E-state index contributed by atoms with van der Waals surface area (Å²) in [6, 6.07) is 17.0. The Morgan fingerprint density at radius 2 is 1.85 bits per heavy atom. The van der Waals surface area contributed by atoms with Gasteiger partial charge in [0.15, 0.2) is 9.84 Å². The second-order valence-electron chi connectivity index (χ2n) is 8.42. The lowest BCUT2D eigenvalue weighted by Crippen LogP contribution is -2.32. The number of nitrogens with zero attached hydrogens (tertiary/aromatic N) is 2. The molecular formula is C25H21N3O4S. The summed E-state index contributed by atoms with van der Waals surface area (Å²) in [4.78, 5) is 22.8. The maximum atomic E-state index is 13.3. The number of rotatable bonds is 2. The number of imidazole rings is 1. The summed E-state index contributed by atoms with van der Waals surface area (Å²) in [5.74, 6) is 0.762. The smallest absolute Gasteiger partial charge is 0.254 e. The van der Waals surface area contributed by atoms with Crippen molar-refractivity contribution in [3.8, 4) is 16.9 Å². The molecule has 2 aliphatic rings. The molecule has 0 spiro atoms. The van der Waals surface area contributed by atoms with Crippen molar-refractivity contribution in [2.45, 2.75) is 17.9 Å². The Bertz CT molecular complexity index is 1520. The highest BCUT2D eigenvalue weighted by atomic mass is 32.2. The van der Waals surface area contributed by atoms with E-state index in [9.17, 15) is 13.2 Å². The number of benzene rings is 3. The highest BCUT2D eigenvalue weighted by molar-refractivity contribution is 7.91. The van der Waals surface area contributed by atoms with Crippen molar-refractivity contribution in [3.05, 3.63) is 77.6 Å². The third kappa shape index (κ3) is 3.47. The minimum Gasteiger partial charge on any atom is -0.491 e. The fourth-order valence-corrected chi connectivity index (χ4v) is 6.15. The minimum absolute atomic E-state index is 0.109. The first-order chi connectivity index (χ1) is 16.0. The molecule has 1 aromatic heterocycles. The first-order valence-corrected chi connectivity index (χ1v) is 12.5. The molecule has 0 radical (unpaired) electrons. The van der Waals surface area contributed by atoms with E-state index in [4.69, 9.17) is 4.74 Å². The number of carbonyl (C=O) groups is 1. The number of hydrogen-bond acceptors (Lipinski definition) is 5. The molecule has 7 nitrogen and oxygen atoms in total. The number of amides is 1. The fraction of sp³-hybridized carbons (Fsp3) is 0.200. The van der Waals surface area contributed by atoms with Gasteiger partial charge in [0.2, 0.25) is 0 Å². The zero-order valence-electron chi connectivity index (χ0n) is 17.7. The second kappa shape index (κ2) is 7.45. The molecule has 3 aromatic carbocycles. The molecule has 0 unspecified atom stereocenters. The number of hydrogen-bond donors (Lipinski definition) is 1. The number of aryl methyl sites for hydroxylation is 1. The summed E-state index contributed by atoms with van der Waals surface area (Å²) in [5, 5.41) is 0. The van der Waals surface area contributed by atoms with Crippen molar-refractivity contribution < 1.29 is 17.9 Å². The molecule has 2 aliphatic heterocycles. The lowest BCUT2D eigenvalue weighted by molar-refractivity contribution is 0.0733. The molecule has 33 heavy (non-hydrogen) atoms. The molecule has 8 heteroatoms. The van der Waals surface area contributed by atoms with Gasteiger partial charge in [0.1, 0.15) is 12.4 Å². The van der Waals surface area contributed by atoms with Crippen LogP contribution >= 0.6 is 0 Å². The van der Waals surface area contributed by atoms with E-state index in [1.165, 1.54) is 0 Å². The minimum atomic E-state index is -3.21. The van der Waals surface area contributed by atoms with Gasteiger partial charge in [0.05, 0.1) is 34.6 Å². The molecule has 3 heterocycles. The number of ether oxygens (including phenoxy) is 1. The second-order valence-corrected chi connectivity index (χ2v) is 10.5. The van der Waals surface area contributed by atoms with E-state index >= 15 is 0 Å². The Kier molecular flexibility index (Phi) is 4.51. The molecule has 0 fully saturated rings. The highest BCUT2D eigenvalue weighted by Gasteiger charge is 2.28. The monoisotopic (exact) mass is 459 g/mol. The van der Waals surface area contributed by atoms with Gasteiger partial charge in [0, 0.05) is 17.7 Å². The number of aromatic amines is 1. The molecule has 0 bridgehead atoms. The van der Waals surface area contributed by atoms with Crippen LogP contribution in [0.4, 0.5) is 0 Å². The van der Waals surface area contributed by atoms with E-state index in [1.54, 1.807) is 29.4 Å². The van der Waals surface area contributed by atoms with Crippen LogP contribution < -0.4 is 4.74 Å². The van der Waals surface area contributed by atoms with Gasteiger partial charge >= 0.3 is 0 Å². The van der Waals surface area contributed by atoms with Crippen LogP contribution in [0.15, 0.2) is 65.8 Å². The molecule has 0 atom stereocenters. The van der Waals surface area contributed by atoms with Crippen molar-refractivity contribution in [2.75, 3.05) is 18.9 Å². The van der Waals surface area contributed by atoms with E-state index in [-0.39, 0.29) is 11.7 Å². The topological polar surface area (TPSA) is 92.4 Å². The van der Waals surface area contributed by atoms with Crippen molar-refractivity contribution in [1.82, 2.24) is 14.9 Å². The van der Waals surface area contributed by atoms with Crippen molar-refractivity contribution in [2.24, 2.45) is 0 Å². The number of nitrogens with one attached hydrogen (secondary N) is 1. The zero-order chi connectivity index (χ0) is 22.6. The Balaban J connectivity index is 1.30. The predicted molar refractivity (Wildman–Crippen MR) is 124 cm³/mol. The van der Waals surface area contributed by atoms with E-state index in [1.807, 2.05) is 24.3 Å². The zero-order valence-corrected chi connectivity index (χ0v) is 18.6. The van der Waals surface area contributed by atoms with Crippen LogP contribution in [0.5, 0.6) is 5.75 Å². The summed E-state index contributed by atoms with van der Waals surface area (Å²) < 4.78 is 30.1. The lowest BCUT2D eigenvalue weighted by Gasteiger charge is -2.20. The van der Waals surface area contributed by atoms with E-state index in [2.05, 4.69) is 22.1 Å². The molecule has 0 aliphatic carbocycles. The van der Waals surface area contributed by atoms with Crippen LogP contribution in [-0.4, -0.2) is 48.1 Å². The summed E-state index contributed by atoms with van der Waals surface area (Å²) >= 11 is 0. The summed E-state index contributed by atoms with van der Waals surface area (Å²) in [6.45, 7) is 1.28. The van der Waals surface area contributed by atoms with Gasteiger partial charge in [-0.05, 0) is 65.6 Å². The SMILES string of the molecule is O=C(c1ccc2c(c1)CCS2(=O)=O)N1CCOc2ccc(-c3ccc4nc[nH]c4c3)cc2C1. The van der Waals surface area contributed by atoms with Crippen LogP contribution in [0.3, 0.4) is 0 Å². The predicted octanol–water partition coefficient (Wildman–Crippen LogP) is 3.59. The van der Waals surface area contributed by atoms with E-state index < -0.39 is 9.84 Å². The first-order valence-electron chi connectivity index (χ1n) is 10.8. The molecular weight excluding hydrogens is 438 g/mol. The third-order valence-corrected chi connectivity index (χ3v) is 8.17. The van der Waals surface area contributed by atoms with Crippen molar-refractivity contribution in [1.29, 1.82) is 0 Å². The van der Waals surface area contributed by atoms with Crippen LogP contribution in [0.25, 0.3) is 22.2 Å². The standard InChI is InChI=1S/C25H21N3O4S/c29-25(19-3-6-24-18(12-19)7-10-33(24,30)31)28-8-9-32-23-5-2-16(11-20(23)14-28)17-1-4-21-22(13-17)27-15-26-21/h1-6,11-13,15H,7-10,14H2,(H,26,27). The lowest BCUT2D eigenvalue weighted by atomic mass is 10.0. The van der Waals surface area contributed by atoms with Gasteiger partial charge in [0.25, 0.3) is 5.91 Å². The van der Waals surface area contributed by atoms with E-state index in [0.29, 0.717) is 36.6 Å². The van der Waals surface area contributed by atoms with Gasteiger partial charge < -0.3 is 14.6 Å². The Labute approximate surface area is 190 Å². The van der Waals surface area contributed by atoms with Gasteiger partial charge in [-0.1, -0.05) is 12.1 Å². The fourth-order valence-electron chi connectivity index (χ4n) is 4.61. The van der Waals surface area contributed by atoms with Gasteiger partial charge in [-0.25, -0.2) is 13.4 Å². The maximum Gasteiger partial charge on any atom is 0.254 e. The number of fused-ring (bicyclic) bond motifs is 3. The normalized spacial score (nSPS) is 16.7. The Morgan fingerprint density at radius 1 is 1.00 bits per heavy atom. The quantitative estimate of drug-likeness (QED) is 0.495. The Morgan fingerprint density at radius 3 is 2.76 bits per heavy atom. The maximum absolute atomic E-state index is 13.3. The first kappa shape index (κ1) is 20.0. The number of H-pyrrole nitrogens is 1. The molecule has 6 rings (SSSR count).